The zero-order valence-electron chi connectivity index (χ0n) is 17.1. The second-order valence-electron chi connectivity index (χ2n) is 7.56. The van der Waals surface area contributed by atoms with Crippen molar-refractivity contribution in [3.8, 4) is 11.8 Å². The van der Waals surface area contributed by atoms with Crippen LogP contribution in [0.15, 0.2) is 42.9 Å². The molecular weight excluding hydrogens is 398 g/mol. The lowest BCUT2D eigenvalue weighted by molar-refractivity contribution is -0.137. The van der Waals surface area contributed by atoms with Crippen molar-refractivity contribution in [3.05, 3.63) is 54.1 Å². The Balaban J connectivity index is 1.59. The summed E-state index contributed by atoms with van der Waals surface area (Å²) in [5.41, 5.74) is 2.82. The minimum absolute atomic E-state index is 0.0526. The van der Waals surface area contributed by atoms with Gasteiger partial charge in [0.2, 0.25) is 5.60 Å². The maximum atomic E-state index is 12.7. The van der Waals surface area contributed by atoms with Gasteiger partial charge in [0, 0.05) is 38.4 Å². The number of benzene rings is 1. The Kier molecular flexibility index (Phi) is 5.84. The number of nitrogens with zero attached hydrogens (tertiary/aromatic N) is 4. The molecule has 2 aliphatic heterocycles. The number of aliphatic hydroxyl groups is 1. The largest absolute Gasteiger partial charge is 0.379 e. The molecule has 0 saturated carbocycles. The smallest absolute Gasteiger partial charge is 0.288 e. The first-order valence-corrected chi connectivity index (χ1v) is 10.0. The molecule has 2 aliphatic rings. The summed E-state index contributed by atoms with van der Waals surface area (Å²) in [5, 5.41) is 12.3. The van der Waals surface area contributed by atoms with Crippen LogP contribution < -0.4 is 10.4 Å². The second-order valence-corrected chi connectivity index (χ2v) is 7.56. The first-order valence-electron chi connectivity index (χ1n) is 10.0. The normalized spacial score (nSPS) is 22.7. The molecule has 2 aromatic rings. The lowest BCUT2D eigenvalue weighted by atomic mass is 10.0. The summed E-state index contributed by atoms with van der Waals surface area (Å²) < 4.78 is 5.51. The summed E-state index contributed by atoms with van der Waals surface area (Å²) in [4.78, 5) is 34.1. The maximum absolute atomic E-state index is 12.7. The van der Waals surface area contributed by atoms with E-state index in [0.29, 0.717) is 31.0 Å². The van der Waals surface area contributed by atoms with E-state index >= 15 is 0 Å². The number of aromatic nitrogens is 2. The molecule has 2 amide bonds. The number of carbonyl (C=O) groups is 2. The molecule has 2 N–H and O–H groups in total. The van der Waals surface area contributed by atoms with Crippen LogP contribution >= 0.6 is 0 Å². The summed E-state index contributed by atoms with van der Waals surface area (Å²) in [7, 11) is 1.64. The van der Waals surface area contributed by atoms with Crippen molar-refractivity contribution in [2.75, 3.05) is 31.8 Å². The van der Waals surface area contributed by atoms with Gasteiger partial charge in [-0.15, -0.1) is 0 Å². The minimum atomic E-state index is -1.66. The first-order chi connectivity index (χ1) is 15.0. The van der Waals surface area contributed by atoms with E-state index in [9.17, 15) is 14.7 Å². The van der Waals surface area contributed by atoms with Crippen molar-refractivity contribution in [2.24, 2.45) is 0 Å². The number of nitrogens with one attached hydrogen (secondary N) is 1. The Morgan fingerprint density at radius 3 is 2.97 bits per heavy atom. The summed E-state index contributed by atoms with van der Waals surface area (Å²) in [5.74, 6) is 4.88. The Bertz CT molecular complexity index is 1030. The molecule has 0 spiro atoms. The van der Waals surface area contributed by atoms with Gasteiger partial charge in [0.25, 0.3) is 11.8 Å². The van der Waals surface area contributed by atoms with E-state index in [-0.39, 0.29) is 24.1 Å². The van der Waals surface area contributed by atoms with E-state index in [1.807, 2.05) is 12.1 Å². The number of likely N-dealkylation sites (N-methyl/N-ethyl adjacent to an activating group) is 1. The van der Waals surface area contributed by atoms with E-state index in [1.54, 1.807) is 24.2 Å². The van der Waals surface area contributed by atoms with Gasteiger partial charge in [-0.05, 0) is 30.7 Å². The Hall–Kier alpha value is -3.48. The topological polar surface area (TPSA) is 108 Å². The van der Waals surface area contributed by atoms with Crippen molar-refractivity contribution >= 4 is 17.5 Å². The maximum Gasteiger partial charge on any atom is 0.288 e. The predicted octanol–water partition coefficient (Wildman–Crippen LogP) is 0.362. The van der Waals surface area contributed by atoms with Gasteiger partial charge in [0.05, 0.1) is 18.3 Å². The summed E-state index contributed by atoms with van der Waals surface area (Å²) >= 11 is 0. The highest BCUT2D eigenvalue weighted by Gasteiger charge is 2.42. The van der Waals surface area contributed by atoms with Gasteiger partial charge in [0.15, 0.2) is 0 Å². The van der Waals surface area contributed by atoms with Gasteiger partial charge in [-0.2, -0.15) is 0 Å². The average Bonchev–Trinajstić information content (AvgIpc) is 3.42. The number of carbonyl (C=O) groups excluding carboxylic acids is 2. The first kappa shape index (κ1) is 20.8. The highest BCUT2D eigenvalue weighted by Crippen LogP contribution is 2.23. The van der Waals surface area contributed by atoms with Gasteiger partial charge >= 0.3 is 0 Å². The van der Waals surface area contributed by atoms with Gasteiger partial charge < -0.3 is 14.7 Å². The molecule has 160 valence electrons. The number of anilines is 1. The zero-order valence-corrected chi connectivity index (χ0v) is 17.1. The monoisotopic (exact) mass is 421 g/mol. The third-order valence-corrected chi connectivity index (χ3v) is 5.35. The van der Waals surface area contributed by atoms with Crippen LogP contribution in [-0.2, 0) is 9.53 Å². The third kappa shape index (κ3) is 4.50. The van der Waals surface area contributed by atoms with E-state index in [0.717, 1.165) is 6.42 Å². The molecule has 2 atom stereocenters. The van der Waals surface area contributed by atoms with Crippen molar-refractivity contribution in [2.45, 2.75) is 24.5 Å². The molecule has 0 radical (unpaired) electrons. The van der Waals surface area contributed by atoms with Crippen molar-refractivity contribution < 1.29 is 19.4 Å². The van der Waals surface area contributed by atoms with Crippen molar-refractivity contribution in [3.63, 3.8) is 0 Å². The van der Waals surface area contributed by atoms with E-state index in [1.165, 1.54) is 23.5 Å². The molecule has 3 heterocycles. The molecule has 2 saturated heterocycles. The highest BCUT2D eigenvalue weighted by molar-refractivity contribution is 5.93. The van der Waals surface area contributed by atoms with Crippen LogP contribution in [0.5, 0.6) is 0 Å². The number of hydrogen-bond donors (Lipinski definition) is 2. The highest BCUT2D eigenvalue weighted by atomic mass is 16.5. The fourth-order valence-electron chi connectivity index (χ4n) is 3.56. The fraction of sp³-hybridized carbons (Fsp3) is 0.364. The molecule has 2 fully saturated rings. The van der Waals surface area contributed by atoms with Gasteiger partial charge in [-0.3, -0.25) is 20.0 Å². The number of ether oxygens (including phenoxy) is 1. The van der Waals surface area contributed by atoms with Crippen LogP contribution in [0, 0.1) is 11.8 Å². The number of rotatable bonds is 4. The molecule has 1 aromatic carbocycles. The Morgan fingerprint density at radius 1 is 1.42 bits per heavy atom. The van der Waals surface area contributed by atoms with Gasteiger partial charge in [-0.25, -0.2) is 9.97 Å². The van der Waals surface area contributed by atoms with Gasteiger partial charge in [-0.1, -0.05) is 17.9 Å². The number of hydrogen-bond acceptors (Lipinski definition) is 7. The van der Waals surface area contributed by atoms with Gasteiger partial charge in [0.1, 0.15) is 12.0 Å². The zero-order chi connectivity index (χ0) is 21.8. The quantitative estimate of drug-likeness (QED) is 0.542. The SMILES string of the molecule is CN1CC[C@@](O)(C#Cc2cccc(N(NC(=O)c3ccncn3)[C@H]3CCOC3)c2)C1=O. The minimum Gasteiger partial charge on any atom is -0.379 e. The third-order valence-electron chi connectivity index (χ3n) is 5.35. The predicted molar refractivity (Wildman–Crippen MR) is 112 cm³/mol. The van der Waals surface area contributed by atoms with Crippen LogP contribution in [0.3, 0.4) is 0 Å². The molecule has 0 bridgehead atoms. The molecular formula is C22H23N5O4. The van der Waals surface area contributed by atoms with E-state index in [2.05, 4.69) is 27.2 Å². The molecule has 0 unspecified atom stereocenters. The molecule has 4 rings (SSSR count). The van der Waals surface area contributed by atoms with E-state index in [4.69, 9.17) is 4.74 Å². The van der Waals surface area contributed by atoms with Crippen LogP contribution in [0.1, 0.15) is 28.9 Å². The lowest BCUT2D eigenvalue weighted by Gasteiger charge is -2.30. The molecule has 1 aromatic heterocycles. The standard InChI is InChI=1S/C22H23N5O4/c1-26-11-9-22(30,21(26)29)8-5-16-3-2-4-17(13-16)27(18-7-12-31-14-18)25-20(28)19-6-10-23-15-24-19/h2-4,6,10,13,15,18,30H,7,9,11-12,14H2,1H3,(H,25,28)/t18-,22-/m0/s1. The van der Waals surface area contributed by atoms with Crippen LogP contribution in [0.2, 0.25) is 0 Å². The average molecular weight is 421 g/mol. The Morgan fingerprint density at radius 2 is 2.29 bits per heavy atom. The summed E-state index contributed by atoms with van der Waals surface area (Å²) in [6.07, 6.45) is 3.85. The second kappa shape index (κ2) is 8.71. The Labute approximate surface area is 180 Å². The number of amides is 2. The van der Waals surface area contributed by atoms with Crippen molar-refractivity contribution in [1.29, 1.82) is 0 Å². The number of hydrazine groups is 1. The van der Waals surface area contributed by atoms with Crippen LogP contribution in [-0.4, -0.2) is 70.2 Å². The van der Waals surface area contributed by atoms with Crippen LogP contribution in [0.4, 0.5) is 5.69 Å². The lowest BCUT2D eigenvalue weighted by Crippen LogP contribution is -2.49. The summed E-state index contributed by atoms with van der Waals surface area (Å²) in [6.45, 7) is 1.54. The molecule has 9 nitrogen and oxygen atoms in total. The van der Waals surface area contributed by atoms with Crippen molar-refractivity contribution in [1.82, 2.24) is 20.3 Å². The fourth-order valence-corrected chi connectivity index (χ4v) is 3.56. The molecule has 0 aliphatic carbocycles. The summed E-state index contributed by atoms with van der Waals surface area (Å²) in [6, 6.07) is 8.75. The number of likely N-dealkylation sites (tertiary alicyclic amines) is 1. The molecule has 31 heavy (non-hydrogen) atoms. The van der Waals surface area contributed by atoms with E-state index < -0.39 is 11.5 Å². The molecule has 9 heteroatoms. The van der Waals surface area contributed by atoms with Crippen LogP contribution in [0.25, 0.3) is 0 Å².